The quantitative estimate of drug-likeness (QED) is 0.530. The van der Waals surface area contributed by atoms with E-state index in [1.165, 1.54) is 19.3 Å². The van der Waals surface area contributed by atoms with Crippen molar-refractivity contribution in [3.8, 4) is 5.75 Å². The fraction of sp³-hybridized carbons (Fsp3) is 0.158. The maximum absolute atomic E-state index is 12.7. The van der Waals surface area contributed by atoms with E-state index in [-0.39, 0.29) is 4.32 Å². The molecule has 0 bridgehead atoms. The van der Waals surface area contributed by atoms with Gasteiger partial charge in [0.25, 0.3) is 11.8 Å². The average Bonchev–Trinajstić information content (AvgIpc) is 3.20. The van der Waals surface area contributed by atoms with Crippen LogP contribution in [0.15, 0.2) is 45.9 Å². The topological polar surface area (TPSA) is 109 Å². The highest BCUT2D eigenvalue weighted by molar-refractivity contribution is 8.26. The van der Waals surface area contributed by atoms with E-state index >= 15 is 0 Å². The fourth-order valence-electron chi connectivity index (χ4n) is 2.43. The molecule has 0 radical (unpaired) electrons. The Morgan fingerprint density at radius 1 is 1.38 bits per heavy atom. The summed E-state index contributed by atoms with van der Waals surface area (Å²) in [4.78, 5) is 36.2. The van der Waals surface area contributed by atoms with Crippen molar-refractivity contribution in [2.45, 2.75) is 20.0 Å². The number of thiocarbonyl (C=S) groups is 1. The second-order valence-corrected chi connectivity index (χ2v) is 7.70. The van der Waals surface area contributed by atoms with Crippen molar-refractivity contribution in [3.05, 3.63) is 58.4 Å². The number of thioether (sulfide) groups is 1. The van der Waals surface area contributed by atoms with Crippen molar-refractivity contribution in [2.75, 3.05) is 0 Å². The second kappa shape index (κ2) is 8.50. The minimum absolute atomic E-state index is 0.183. The fourth-order valence-corrected chi connectivity index (χ4v) is 3.61. The van der Waals surface area contributed by atoms with Gasteiger partial charge in [-0.2, -0.15) is 5.01 Å². The first-order chi connectivity index (χ1) is 13.8. The molecule has 1 aromatic carbocycles. The van der Waals surface area contributed by atoms with Crippen LogP contribution in [0.3, 0.4) is 0 Å². The Morgan fingerprint density at radius 2 is 2.14 bits per heavy atom. The Balaban J connectivity index is 1.75. The molecule has 1 atom stereocenters. The number of hydrogen-bond acceptors (Lipinski definition) is 7. The molecule has 2 N–H and O–H groups in total. The molecule has 1 unspecified atom stereocenters. The molecule has 3 rings (SSSR count). The predicted octanol–water partition coefficient (Wildman–Crippen LogP) is 2.99. The lowest BCUT2D eigenvalue weighted by Crippen LogP contribution is -2.44. The van der Waals surface area contributed by atoms with Crippen LogP contribution in [-0.4, -0.2) is 38.3 Å². The van der Waals surface area contributed by atoms with Gasteiger partial charge in [-0.25, -0.2) is 4.79 Å². The zero-order chi connectivity index (χ0) is 21.1. The molecule has 1 aromatic heterocycles. The molecule has 2 amide bonds. The van der Waals surface area contributed by atoms with E-state index in [4.69, 9.17) is 26.5 Å². The second-order valence-electron chi connectivity index (χ2n) is 6.02. The molecule has 29 heavy (non-hydrogen) atoms. The lowest BCUT2D eigenvalue weighted by molar-refractivity contribution is -0.144. The largest absolute Gasteiger partial charge is 0.479 e. The highest BCUT2D eigenvalue weighted by Crippen LogP contribution is 2.32. The highest BCUT2D eigenvalue weighted by Gasteiger charge is 2.34. The van der Waals surface area contributed by atoms with Crippen molar-refractivity contribution < 1.29 is 28.6 Å². The van der Waals surface area contributed by atoms with E-state index in [2.05, 4.69) is 5.43 Å². The third-order valence-corrected chi connectivity index (χ3v) is 5.23. The van der Waals surface area contributed by atoms with Gasteiger partial charge < -0.3 is 14.3 Å². The summed E-state index contributed by atoms with van der Waals surface area (Å²) in [6, 6.07) is 8.15. The number of carbonyl (C=O) groups excluding carboxylic acids is 2. The molecule has 150 valence electrons. The van der Waals surface area contributed by atoms with Gasteiger partial charge in [-0.15, -0.1) is 0 Å². The summed E-state index contributed by atoms with van der Waals surface area (Å²) < 4.78 is 10.6. The summed E-state index contributed by atoms with van der Waals surface area (Å²) in [5, 5.41) is 9.96. The number of nitrogens with zero attached hydrogens (tertiary/aromatic N) is 1. The number of carboxylic acids is 1. The molecule has 1 aliphatic rings. The summed E-state index contributed by atoms with van der Waals surface area (Å²) in [5.74, 6) is -1.28. The number of amides is 2. The monoisotopic (exact) mass is 432 g/mol. The Kier molecular flexibility index (Phi) is 6.04. The number of carbonyl (C=O) groups is 3. The molecular weight excluding hydrogens is 416 g/mol. The van der Waals surface area contributed by atoms with Crippen molar-refractivity contribution >= 4 is 52.2 Å². The first-order valence-corrected chi connectivity index (χ1v) is 9.61. The van der Waals surface area contributed by atoms with Crippen LogP contribution in [0.4, 0.5) is 0 Å². The van der Waals surface area contributed by atoms with Gasteiger partial charge in [-0.05, 0) is 55.9 Å². The number of hydrogen-bond donors (Lipinski definition) is 2. The highest BCUT2D eigenvalue weighted by atomic mass is 32.2. The molecule has 0 aliphatic carbocycles. The number of nitrogens with one attached hydrogen (secondary N) is 1. The van der Waals surface area contributed by atoms with Gasteiger partial charge in [-0.3, -0.25) is 15.0 Å². The van der Waals surface area contributed by atoms with Crippen LogP contribution in [0, 0.1) is 6.92 Å². The van der Waals surface area contributed by atoms with Gasteiger partial charge in [0.2, 0.25) is 0 Å². The molecule has 2 heterocycles. The third-order valence-electron chi connectivity index (χ3n) is 3.93. The van der Waals surface area contributed by atoms with E-state index in [1.54, 1.807) is 37.3 Å². The van der Waals surface area contributed by atoms with E-state index in [9.17, 15) is 14.4 Å². The van der Waals surface area contributed by atoms with Gasteiger partial charge in [-0.1, -0.05) is 23.9 Å². The van der Waals surface area contributed by atoms with Gasteiger partial charge in [0.05, 0.1) is 16.7 Å². The smallest absolute Gasteiger partial charge is 0.344 e. The van der Waals surface area contributed by atoms with Crippen molar-refractivity contribution in [1.29, 1.82) is 0 Å². The van der Waals surface area contributed by atoms with E-state index in [0.717, 1.165) is 16.8 Å². The number of furan rings is 1. The van der Waals surface area contributed by atoms with Gasteiger partial charge in [0, 0.05) is 0 Å². The van der Waals surface area contributed by atoms with Crippen LogP contribution in [0.2, 0.25) is 0 Å². The zero-order valence-corrected chi connectivity index (χ0v) is 17.0. The Bertz CT molecular complexity index is 1030. The minimum atomic E-state index is -1.08. The summed E-state index contributed by atoms with van der Waals surface area (Å²) in [5.41, 5.74) is 3.41. The molecule has 8 nitrogen and oxygen atoms in total. The Labute approximate surface area is 175 Å². The van der Waals surface area contributed by atoms with E-state index in [0.29, 0.717) is 27.5 Å². The van der Waals surface area contributed by atoms with Gasteiger partial charge in [0.15, 0.2) is 10.4 Å². The lowest BCUT2D eigenvalue weighted by atomic mass is 10.2. The molecular formula is C19H16N2O6S2. The van der Waals surface area contributed by atoms with E-state index in [1.807, 2.05) is 0 Å². The first kappa shape index (κ1) is 20.6. The number of carboxylic acid groups (broad SMARTS) is 1. The predicted molar refractivity (Wildman–Crippen MR) is 110 cm³/mol. The van der Waals surface area contributed by atoms with Crippen molar-refractivity contribution in [2.24, 2.45) is 0 Å². The van der Waals surface area contributed by atoms with Crippen molar-refractivity contribution in [3.63, 3.8) is 0 Å². The van der Waals surface area contributed by atoms with Crippen LogP contribution in [-0.2, 0) is 9.59 Å². The maximum Gasteiger partial charge on any atom is 0.344 e. The van der Waals surface area contributed by atoms with Gasteiger partial charge >= 0.3 is 5.97 Å². The average molecular weight is 432 g/mol. The normalized spacial score (nSPS) is 16.2. The number of ether oxygens (including phenoxy) is 1. The molecule has 10 heteroatoms. The number of aliphatic carboxylic acids is 1. The standard InChI is InChI=1S/C19H16N2O6S2/c1-10-14(6-7-26-10)16(22)20-21-17(23)15(29-19(21)28)9-12-4-3-5-13(8-12)27-11(2)18(24)25/h3-9,11H,1-2H3,(H,20,22)(H,24,25)/b15-9+. The third kappa shape index (κ3) is 4.66. The molecule has 0 spiro atoms. The summed E-state index contributed by atoms with van der Waals surface area (Å²) in [6.07, 6.45) is 1.96. The molecule has 1 aliphatic heterocycles. The Hall–Kier alpha value is -3.11. The number of rotatable bonds is 6. The van der Waals surface area contributed by atoms with Crippen molar-refractivity contribution in [1.82, 2.24) is 10.4 Å². The zero-order valence-electron chi connectivity index (χ0n) is 15.4. The minimum Gasteiger partial charge on any atom is -0.479 e. The van der Waals surface area contributed by atoms with Crippen LogP contribution in [0.25, 0.3) is 6.08 Å². The number of aryl methyl sites for hydroxylation is 1. The SMILES string of the molecule is Cc1occc1C(=O)NN1C(=O)/C(=C\c2cccc(OC(C)C(=O)O)c2)SC1=S. The lowest BCUT2D eigenvalue weighted by Gasteiger charge is -2.15. The molecule has 1 fully saturated rings. The van der Waals surface area contributed by atoms with Crippen LogP contribution >= 0.6 is 24.0 Å². The number of benzene rings is 1. The molecule has 2 aromatic rings. The Morgan fingerprint density at radius 3 is 2.79 bits per heavy atom. The van der Waals surface area contributed by atoms with Crippen LogP contribution < -0.4 is 10.2 Å². The van der Waals surface area contributed by atoms with Crippen LogP contribution in [0.1, 0.15) is 28.6 Å². The summed E-state index contributed by atoms with van der Waals surface area (Å²) >= 11 is 6.24. The molecule has 1 saturated heterocycles. The number of hydrazine groups is 1. The van der Waals surface area contributed by atoms with Gasteiger partial charge in [0.1, 0.15) is 11.5 Å². The van der Waals surface area contributed by atoms with Crippen LogP contribution in [0.5, 0.6) is 5.75 Å². The summed E-state index contributed by atoms with van der Waals surface area (Å²) in [6.45, 7) is 3.06. The first-order valence-electron chi connectivity index (χ1n) is 8.39. The molecule has 0 saturated carbocycles. The maximum atomic E-state index is 12.7. The summed E-state index contributed by atoms with van der Waals surface area (Å²) in [7, 11) is 0. The van der Waals surface area contributed by atoms with E-state index < -0.39 is 23.9 Å².